The van der Waals surface area contributed by atoms with Gasteiger partial charge in [-0.25, -0.2) is 9.13 Å². The van der Waals surface area contributed by atoms with Gasteiger partial charge in [0.15, 0.2) is 12.2 Å². The fourth-order valence-corrected chi connectivity index (χ4v) is 12.3. The second kappa shape index (κ2) is 64.8. The van der Waals surface area contributed by atoms with E-state index in [-0.39, 0.29) is 25.7 Å². The highest BCUT2D eigenvalue weighted by atomic mass is 31.2. The maximum Gasteiger partial charge on any atom is 0.472 e. The standard InChI is InChI=1S/C70H136O17P2/c1-5-9-13-17-21-25-28-30-31-32-33-34-36-38-41-45-49-53-57-70(75)87-66(61-81-68(73)55-51-47-43-40-37-35-29-26-22-18-14-10-6-2)63-85-89(78,79)83-59-64(71)58-82-88(76,77)84-62-65(60-80-67(72)54-50-46-42-24-20-16-12-8-4)86-69(74)56-52-48-44-39-27-23-19-15-11-7-3/h64-66,71H,5-63H2,1-4H3,(H,76,77)(H,78,79)/t64-,65+,66+/m0/s1. The van der Waals surface area contributed by atoms with Crippen LogP contribution in [0, 0.1) is 0 Å². The SMILES string of the molecule is CCCCCCCCCCCCCCCCCCCCC(=O)O[C@H](COC(=O)CCCCCCCCCCCCCCC)COP(=O)(O)OC[C@@H](O)COP(=O)(O)OC[C@@H](COC(=O)CCCCCCCCCC)OC(=O)CCCCCCCCCCCC. The van der Waals surface area contributed by atoms with Crippen LogP contribution in [0.3, 0.4) is 0 Å². The van der Waals surface area contributed by atoms with Gasteiger partial charge in [0.25, 0.3) is 0 Å². The first kappa shape index (κ1) is 87.1. The van der Waals surface area contributed by atoms with E-state index in [0.717, 1.165) is 96.3 Å². The molecular formula is C70H136O17P2. The Labute approximate surface area is 543 Å². The number of esters is 4. The molecule has 0 spiro atoms. The third-order valence-electron chi connectivity index (χ3n) is 16.4. The largest absolute Gasteiger partial charge is 0.472 e. The third kappa shape index (κ3) is 64.6. The quantitative estimate of drug-likeness (QED) is 0.0222. The van der Waals surface area contributed by atoms with Crippen LogP contribution in [0.1, 0.15) is 368 Å². The molecule has 2 unspecified atom stereocenters. The second-order valence-electron chi connectivity index (χ2n) is 25.3. The lowest BCUT2D eigenvalue weighted by atomic mass is 10.0. The van der Waals surface area contributed by atoms with Crippen molar-refractivity contribution in [3.05, 3.63) is 0 Å². The minimum atomic E-state index is -4.95. The van der Waals surface area contributed by atoms with E-state index in [2.05, 4.69) is 27.7 Å². The van der Waals surface area contributed by atoms with Gasteiger partial charge in [-0.15, -0.1) is 0 Å². The molecule has 0 aliphatic carbocycles. The molecule has 0 heterocycles. The van der Waals surface area contributed by atoms with Crippen LogP contribution in [0.5, 0.6) is 0 Å². The number of carbonyl (C=O) groups is 4. The maximum absolute atomic E-state index is 13.0. The molecule has 0 radical (unpaired) electrons. The predicted octanol–water partition coefficient (Wildman–Crippen LogP) is 20.3. The Morgan fingerprint density at radius 1 is 0.270 bits per heavy atom. The predicted molar refractivity (Wildman–Crippen MR) is 359 cm³/mol. The zero-order valence-electron chi connectivity index (χ0n) is 57.4. The molecule has 528 valence electrons. The van der Waals surface area contributed by atoms with Gasteiger partial charge < -0.3 is 33.8 Å². The first-order chi connectivity index (χ1) is 43.2. The number of hydrogen-bond donors (Lipinski definition) is 3. The summed E-state index contributed by atoms with van der Waals surface area (Å²) in [5.41, 5.74) is 0. The number of unbranched alkanes of at least 4 members (excludes halogenated alkanes) is 45. The average Bonchev–Trinajstić information content (AvgIpc) is 3.61. The third-order valence-corrected chi connectivity index (χ3v) is 18.3. The zero-order valence-corrected chi connectivity index (χ0v) is 59.2. The number of aliphatic hydroxyl groups excluding tert-OH is 1. The molecule has 0 aromatic carbocycles. The summed E-state index contributed by atoms with van der Waals surface area (Å²) in [6.45, 7) is 4.91. The van der Waals surface area contributed by atoms with Crippen molar-refractivity contribution in [1.29, 1.82) is 0 Å². The molecule has 3 N–H and O–H groups in total. The molecule has 0 aliphatic rings. The van der Waals surface area contributed by atoms with Gasteiger partial charge in [-0.1, -0.05) is 317 Å². The Kier molecular flexibility index (Phi) is 63.3. The van der Waals surface area contributed by atoms with E-state index in [1.165, 1.54) is 193 Å². The van der Waals surface area contributed by atoms with Gasteiger partial charge in [0, 0.05) is 25.7 Å². The molecule has 0 aliphatic heterocycles. The van der Waals surface area contributed by atoms with Gasteiger partial charge in [-0.2, -0.15) is 0 Å². The van der Waals surface area contributed by atoms with Crippen LogP contribution in [0.25, 0.3) is 0 Å². The van der Waals surface area contributed by atoms with Crippen molar-refractivity contribution in [2.24, 2.45) is 0 Å². The van der Waals surface area contributed by atoms with Gasteiger partial charge >= 0.3 is 39.5 Å². The van der Waals surface area contributed by atoms with Gasteiger partial charge in [-0.05, 0) is 25.7 Å². The second-order valence-corrected chi connectivity index (χ2v) is 28.2. The van der Waals surface area contributed by atoms with Crippen LogP contribution in [-0.4, -0.2) is 96.7 Å². The number of rotatable bonds is 71. The Bertz CT molecular complexity index is 1710. The van der Waals surface area contributed by atoms with Crippen LogP contribution in [-0.2, 0) is 65.4 Å². The van der Waals surface area contributed by atoms with Crippen molar-refractivity contribution in [3.8, 4) is 0 Å². The van der Waals surface area contributed by atoms with Crippen molar-refractivity contribution in [2.75, 3.05) is 39.6 Å². The zero-order chi connectivity index (χ0) is 65.4. The molecule has 17 nitrogen and oxygen atoms in total. The minimum Gasteiger partial charge on any atom is -0.462 e. The lowest BCUT2D eigenvalue weighted by Gasteiger charge is -2.21. The molecule has 0 bridgehead atoms. The smallest absolute Gasteiger partial charge is 0.462 e. The number of ether oxygens (including phenoxy) is 4. The van der Waals surface area contributed by atoms with Crippen molar-refractivity contribution in [2.45, 2.75) is 386 Å². The molecule has 0 aromatic heterocycles. The molecule has 0 saturated carbocycles. The van der Waals surface area contributed by atoms with E-state index >= 15 is 0 Å². The number of carbonyl (C=O) groups excluding carboxylic acids is 4. The molecule has 0 rings (SSSR count). The summed E-state index contributed by atoms with van der Waals surface area (Å²) >= 11 is 0. The fourth-order valence-electron chi connectivity index (χ4n) is 10.7. The molecule has 0 aromatic rings. The minimum absolute atomic E-state index is 0.107. The maximum atomic E-state index is 13.0. The molecule has 89 heavy (non-hydrogen) atoms. The average molecular weight is 1310 g/mol. The number of aliphatic hydroxyl groups is 1. The highest BCUT2D eigenvalue weighted by Gasteiger charge is 2.30. The Morgan fingerprint density at radius 3 is 0.663 bits per heavy atom. The van der Waals surface area contributed by atoms with E-state index in [0.29, 0.717) is 25.7 Å². The highest BCUT2D eigenvalue weighted by molar-refractivity contribution is 7.47. The normalized spacial score (nSPS) is 14.0. The van der Waals surface area contributed by atoms with E-state index in [9.17, 15) is 43.2 Å². The number of phosphoric acid groups is 2. The van der Waals surface area contributed by atoms with Crippen molar-refractivity contribution < 1.29 is 80.2 Å². The van der Waals surface area contributed by atoms with Gasteiger partial charge in [-0.3, -0.25) is 37.3 Å². The van der Waals surface area contributed by atoms with E-state index < -0.39 is 97.5 Å². The molecular weight excluding hydrogens is 1170 g/mol. The summed E-state index contributed by atoms with van der Waals surface area (Å²) in [5, 5.41) is 10.6. The van der Waals surface area contributed by atoms with Crippen LogP contribution >= 0.6 is 15.6 Å². The summed E-state index contributed by atoms with van der Waals surface area (Å²) in [5.74, 6) is -2.12. The summed E-state index contributed by atoms with van der Waals surface area (Å²) in [6.07, 6.45) is 52.7. The molecule has 0 amide bonds. The van der Waals surface area contributed by atoms with Gasteiger partial charge in [0.1, 0.15) is 19.3 Å². The topological polar surface area (TPSA) is 237 Å². The fraction of sp³-hybridized carbons (Fsp3) is 0.943. The van der Waals surface area contributed by atoms with Crippen LogP contribution in [0.2, 0.25) is 0 Å². The summed E-state index contributed by atoms with van der Waals surface area (Å²) in [4.78, 5) is 72.4. The summed E-state index contributed by atoms with van der Waals surface area (Å²) in [7, 11) is -9.89. The number of phosphoric ester groups is 2. The van der Waals surface area contributed by atoms with E-state index in [1.807, 2.05) is 0 Å². The van der Waals surface area contributed by atoms with E-state index in [4.69, 9.17) is 37.0 Å². The number of hydrogen-bond acceptors (Lipinski definition) is 15. The van der Waals surface area contributed by atoms with Crippen molar-refractivity contribution in [3.63, 3.8) is 0 Å². The monoisotopic (exact) mass is 1310 g/mol. The molecule has 0 saturated heterocycles. The Balaban J connectivity index is 5.19. The first-order valence-electron chi connectivity index (χ1n) is 36.8. The van der Waals surface area contributed by atoms with Crippen LogP contribution in [0.4, 0.5) is 0 Å². The van der Waals surface area contributed by atoms with E-state index in [1.54, 1.807) is 0 Å². The van der Waals surface area contributed by atoms with Gasteiger partial charge in [0.05, 0.1) is 26.4 Å². The molecule has 19 heteroatoms. The Hall–Kier alpha value is -1.94. The first-order valence-corrected chi connectivity index (χ1v) is 39.8. The summed E-state index contributed by atoms with van der Waals surface area (Å²) < 4.78 is 68.2. The molecule has 0 fully saturated rings. The van der Waals surface area contributed by atoms with Crippen molar-refractivity contribution in [1.82, 2.24) is 0 Å². The van der Waals surface area contributed by atoms with Crippen LogP contribution < -0.4 is 0 Å². The highest BCUT2D eigenvalue weighted by Crippen LogP contribution is 2.45. The van der Waals surface area contributed by atoms with Crippen molar-refractivity contribution >= 4 is 39.5 Å². The molecule has 5 atom stereocenters. The Morgan fingerprint density at radius 2 is 0.449 bits per heavy atom. The lowest BCUT2D eigenvalue weighted by molar-refractivity contribution is -0.161. The lowest BCUT2D eigenvalue weighted by Crippen LogP contribution is -2.30. The van der Waals surface area contributed by atoms with Crippen LogP contribution in [0.15, 0.2) is 0 Å². The van der Waals surface area contributed by atoms with Gasteiger partial charge in [0.2, 0.25) is 0 Å². The summed E-state index contributed by atoms with van der Waals surface area (Å²) in [6, 6.07) is 0.